The van der Waals surface area contributed by atoms with E-state index in [9.17, 15) is 27.2 Å². The Kier molecular flexibility index (Phi) is 6.85. The Bertz CT molecular complexity index is 1040. The van der Waals surface area contributed by atoms with Crippen molar-refractivity contribution < 1.29 is 27.2 Å². The summed E-state index contributed by atoms with van der Waals surface area (Å²) in [7, 11) is 0. The standard InChI is InChI=1S/C24H25F4N3O2/c25-17-1-3-19(21(27)11-17)24(33)30-9-6-16(7-10-30)23(32)29-13-15-5-8-31(14-15)18-2-4-20(26)22(28)12-18/h1-4,11-12,15-16H,5-10,13-14H2,(H,29,32). The quantitative estimate of drug-likeness (QED) is 0.688. The molecule has 0 radical (unpaired) electrons. The highest BCUT2D eigenvalue weighted by Crippen LogP contribution is 2.26. The Morgan fingerprint density at radius 1 is 0.879 bits per heavy atom. The first kappa shape index (κ1) is 23.1. The van der Waals surface area contributed by atoms with Crippen LogP contribution in [0.4, 0.5) is 23.2 Å². The second kappa shape index (κ2) is 9.80. The van der Waals surface area contributed by atoms with E-state index in [-0.39, 0.29) is 23.3 Å². The molecular formula is C24H25F4N3O2. The van der Waals surface area contributed by atoms with Crippen LogP contribution in [0.2, 0.25) is 0 Å². The molecule has 0 spiro atoms. The second-order valence-corrected chi connectivity index (χ2v) is 8.63. The van der Waals surface area contributed by atoms with Crippen LogP contribution in [0, 0.1) is 35.1 Å². The van der Waals surface area contributed by atoms with Crippen molar-refractivity contribution in [3.63, 3.8) is 0 Å². The number of nitrogens with zero attached hydrogens (tertiary/aromatic N) is 2. The molecule has 0 aromatic heterocycles. The number of piperidine rings is 1. The molecule has 0 saturated carbocycles. The van der Waals surface area contributed by atoms with Gasteiger partial charge in [0.05, 0.1) is 5.56 Å². The van der Waals surface area contributed by atoms with Gasteiger partial charge in [-0.15, -0.1) is 0 Å². The number of carbonyl (C=O) groups is 2. The lowest BCUT2D eigenvalue weighted by atomic mass is 9.95. The third-order valence-corrected chi connectivity index (χ3v) is 6.43. The normalized spacial score (nSPS) is 19.1. The molecule has 33 heavy (non-hydrogen) atoms. The zero-order valence-corrected chi connectivity index (χ0v) is 18.0. The SMILES string of the molecule is O=C(NCC1CCN(c2ccc(F)c(F)c2)C1)C1CCN(C(=O)c2ccc(F)cc2F)CC1. The molecule has 2 aromatic rings. The third kappa shape index (κ3) is 5.29. The van der Waals surface area contributed by atoms with Gasteiger partial charge < -0.3 is 15.1 Å². The van der Waals surface area contributed by atoms with Gasteiger partial charge >= 0.3 is 0 Å². The van der Waals surface area contributed by atoms with E-state index in [1.807, 2.05) is 4.90 Å². The Labute approximate surface area is 189 Å². The molecule has 9 heteroatoms. The highest BCUT2D eigenvalue weighted by atomic mass is 19.2. The molecule has 5 nitrogen and oxygen atoms in total. The highest BCUT2D eigenvalue weighted by molar-refractivity contribution is 5.94. The van der Waals surface area contributed by atoms with E-state index in [4.69, 9.17) is 0 Å². The largest absolute Gasteiger partial charge is 0.371 e. The smallest absolute Gasteiger partial charge is 0.256 e. The van der Waals surface area contributed by atoms with Gasteiger partial charge in [-0.25, -0.2) is 17.6 Å². The van der Waals surface area contributed by atoms with Gasteiger partial charge in [0.2, 0.25) is 5.91 Å². The lowest BCUT2D eigenvalue weighted by molar-refractivity contribution is -0.126. The summed E-state index contributed by atoms with van der Waals surface area (Å²) in [6.45, 7) is 2.47. The molecule has 2 saturated heterocycles. The maximum Gasteiger partial charge on any atom is 0.256 e. The molecule has 0 bridgehead atoms. The number of halogens is 4. The number of hydrogen-bond acceptors (Lipinski definition) is 3. The zero-order valence-electron chi connectivity index (χ0n) is 18.0. The van der Waals surface area contributed by atoms with Gasteiger partial charge in [-0.1, -0.05) is 0 Å². The van der Waals surface area contributed by atoms with Crippen molar-refractivity contribution in [1.82, 2.24) is 10.2 Å². The fraction of sp³-hybridized carbons (Fsp3) is 0.417. The molecule has 2 aliphatic rings. The molecule has 1 N–H and O–H groups in total. The minimum absolute atomic E-state index is 0.0821. The van der Waals surface area contributed by atoms with Crippen LogP contribution in [0.3, 0.4) is 0 Å². The maximum absolute atomic E-state index is 13.9. The van der Waals surface area contributed by atoms with Gasteiger partial charge in [0.25, 0.3) is 5.91 Å². The first-order chi connectivity index (χ1) is 15.8. The summed E-state index contributed by atoms with van der Waals surface area (Å²) in [4.78, 5) is 28.6. The van der Waals surface area contributed by atoms with Gasteiger partial charge in [0.15, 0.2) is 11.6 Å². The molecule has 1 atom stereocenters. The lowest BCUT2D eigenvalue weighted by Crippen LogP contribution is -2.44. The van der Waals surface area contributed by atoms with Crippen molar-refractivity contribution in [1.29, 1.82) is 0 Å². The number of benzene rings is 2. The average Bonchev–Trinajstić information content (AvgIpc) is 3.28. The number of nitrogens with one attached hydrogen (secondary N) is 1. The summed E-state index contributed by atoms with van der Waals surface area (Å²) in [5, 5.41) is 2.97. The van der Waals surface area contributed by atoms with Crippen molar-refractivity contribution >= 4 is 17.5 Å². The van der Waals surface area contributed by atoms with Gasteiger partial charge in [0, 0.05) is 56.5 Å². The van der Waals surface area contributed by atoms with Gasteiger partial charge in [0.1, 0.15) is 11.6 Å². The summed E-state index contributed by atoms with van der Waals surface area (Å²) in [6.07, 6.45) is 1.76. The lowest BCUT2D eigenvalue weighted by Gasteiger charge is -2.31. The predicted octanol–water partition coefficient (Wildman–Crippen LogP) is 3.74. The number of anilines is 1. The fourth-order valence-corrected chi connectivity index (χ4v) is 4.48. The molecule has 0 aliphatic carbocycles. The van der Waals surface area contributed by atoms with Crippen LogP contribution in [0.25, 0.3) is 0 Å². The van der Waals surface area contributed by atoms with Gasteiger partial charge in [-0.05, 0) is 49.4 Å². The van der Waals surface area contributed by atoms with E-state index in [2.05, 4.69) is 5.32 Å². The van der Waals surface area contributed by atoms with Crippen LogP contribution in [-0.2, 0) is 4.79 Å². The minimum Gasteiger partial charge on any atom is -0.371 e. The average molecular weight is 463 g/mol. The fourth-order valence-electron chi connectivity index (χ4n) is 4.48. The van der Waals surface area contributed by atoms with E-state index in [0.717, 1.165) is 24.6 Å². The van der Waals surface area contributed by atoms with Gasteiger partial charge in [-0.3, -0.25) is 9.59 Å². The summed E-state index contributed by atoms with van der Waals surface area (Å²) < 4.78 is 53.6. The van der Waals surface area contributed by atoms with Crippen LogP contribution in [0.5, 0.6) is 0 Å². The Morgan fingerprint density at radius 3 is 2.33 bits per heavy atom. The number of likely N-dealkylation sites (tertiary alicyclic amines) is 1. The van der Waals surface area contributed by atoms with Crippen LogP contribution in [-0.4, -0.2) is 49.4 Å². The van der Waals surface area contributed by atoms with E-state index >= 15 is 0 Å². The van der Waals surface area contributed by atoms with Crippen molar-refractivity contribution in [2.75, 3.05) is 37.6 Å². The van der Waals surface area contributed by atoms with E-state index in [1.165, 1.54) is 11.0 Å². The summed E-state index contributed by atoms with van der Waals surface area (Å²) in [6, 6.07) is 6.71. The molecule has 2 aliphatic heterocycles. The third-order valence-electron chi connectivity index (χ3n) is 6.43. The number of carbonyl (C=O) groups excluding carboxylic acids is 2. The molecule has 1 unspecified atom stereocenters. The molecule has 176 valence electrons. The number of amides is 2. The molecule has 2 fully saturated rings. The van der Waals surface area contributed by atoms with Crippen molar-refractivity contribution in [3.8, 4) is 0 Å². The van der Waals surface area contributed by atoms with E-state index < -0.39 is 29.2 Å². The Hall–Kier alpha value is -3.10. The minimum atomic E-state index is -0.895. The van der Waals surface area contributed by atoms with Crippen molar-refractivity contribution in [2.24, 2.45) is 11.8 Å². The summed E-state index contributed by atoms with van der Waals surface area (Å²) in [5.74, 6) is -4.02. The van der Waals surface area contributed by atoms with Crippen LogP contribution in [0.1, 0.15) is 29.6 Å². The number of hydrogen-bond donors (Lipinski definition) is 1. The molecule has 2 heterocycles. The number of rotatable bonds is 5. The maximum atomic E-state index is 13.9. The molecule has 2 amide bonds. The van der Waals surface area contributed by atoms with Crippen LogP contribution in [0.15, 0.2) is 36.4 Å². The Morgan fingerprint density at radius 2 is 1.64 bits per heavy atom. The molecule has 4 rings (SSSR count). The zero-order chi connectivity index (χ0) is 23.5. The predicted molar refractivity (Wildman–Crippen MR) is 115 cm³/mol. The molecular weight excluding hydrogens is 438 g/mol. The Balaban J connectivity index is 1.23. The van der Waals surface area contributed by atoms with Crippen molar-refractivity contribution in [3.05, 3.63) is 65.2 Å². The van der Waals surface area contributed by atoms with Crippen molar-refractivity contribution in [2.45, 2.75) is 19.3 Å². The second-order valence-electron chi connectivity index (χ2n) is 8.63. The monoisotopic (exact) mass is 463 g/mol. The van der Waals surface area contributed by atoms with Crippen LogP contribution >= 0.6 is 0 Å². The molecule has 2 aromatic carbocycles. The first-order valence-electron chi connectivity index (χ1n) is 11.0. The summed E-state index contributed by atoms with van der Waals surface area (Å²) in [5.41, 5.74) is 0.448. The van der Waals surface area contributed by atoms with E-state index in [1.54, 1.807) is 6.07 Å². The van der Waals surface area contributed by atoms with Gasteiger partial charge in [-0.2, -0.15) is 0 Å². The van der Waals surface area contributed by atoms with E-state index in [0.29, 0.717) is 57.3 Å². The topological polar surface area (TPSA) is 52.7 Å². The summed E-state index contributed by atoms with van der Waals surface area (Å²) >= 11 is 0. The first-order valence-corrected chi connectivity index (χ1v) is 11.0. The highest BCUT2D eigenvalue weighted by Gasteiger charge is 2.30. The van der Waals surface area contributed by atoms with Crippen LogP contribution < -0.4 is 10.2 Å².